The number of hydrogen-bond acceptors (Lipinski definition) is 3. The first kappa shape index (κ1) is 8.45. The van der Waals surface area contributed by atoms with E-state index in [1.165, 1.54) is 0 Å². The zero-order valence-electron chi connectivity index (χ0n) is 5.24. The van der Waals surface area contributed by atoms with Gasteiger partial charge in [0.25, 0.3) is 0 Å². The molecule has 0 spiro atoms. The van der Waals surface area contributed by atoms with Crippen LogP contribution in [0.2, 0.25) is 0 Å². The highest BCUT2D eigenvalue weighted by Gasteiger charge is 2.19. The van der Waals surface area contributed by atoms with Crippen molar-refractivity contribution in [2.75, 3.05) is 0 Å². The van der Waals surface area contributed by atoms with E-state index in [-0.39, 0.29) is 0 Å². The van der Waals surface area contributed by atoms with Crippen molar-refractivity contribution in [2.45, 2.75) is 19.3 Å². The Kier molecular flexibility index (Phi) is 4.08. The first-order valence-electron chi connectivity index (χ1n) is 2.78. The summed E-state index contributed by atoms with van der Waals surface area (Å²) >= 11 is 0. The van der Waals surface area contributed by atoms with Crippen LogP contribution in [0.3, 0.4) is 0 Å². The molecule has 4 nitrogen and oxygen atoms in total. The van der Waals surface area contributed by atoms with Crippen LogP contribution in [0.5, 0.6) is 0 Å². The van der Waals surface area contributed by atoms with Crippen LogP contribution in [-0.2, 0) is 4.79 Å². The summed E-state index contributed by atoms with van der Waals surface area (Å²) in [4.78, 5) is 9.75. The highest BCUT2D eigenvalue weighted by molar-refractivity contribution is 6.43. The van der Waals surface area contributed by atoms with Crippen LogP contribution in [0, 0.1) is 0 Å². The molecule has 52 valence electrons. The normalized spacial score (nSPS) is 12.3. The molecule has 9 heavy (non-hydrogen) atoms. The fraction of sp³-hybridized carbons (Fsp3) is 0.750. The van der Waals surface area contributed by atoms with E-state index in [1.807, 2.05) is 0 Å². The van der Waals surface area contributed by atoms with E-state index in [0.29, 0.717) is 12.8 Å². The van der Waals surface area contributed by atoms with Crippen LogP contribution in [-0.4, -0.2) is 29.5 Å². The minimum absolute atomic E-state index is 0.452. The Hall–Kier alpha value is -0.545. The van der Waals surface area contributed by atoms with Gasteiger partial charge in [0.15, 0.2) is 0 Å². The SMILES string of the molecule is CCC(NC=O)B(O)O. The van der Waals surface area contributed by atoms with Gasteiger partial charge in [-0.15, -0.1) is 0 Å². The van der Waals surface area contributed by atoms with E-state index < -0.39 is 13.1 Å². The predicted octanol–water partition coefficient (Wildman–Crippen LogP) is -1.48. The third-order valence-corrected chi connectivity index (χ3v) is 1.08. The number of nitrogens with one attached hydrogen (secondary N) is 1. The van der Waals surface area contributed by atoms with Gasteiger partial charge in [0.2, 0.25) is 6.41 Å². The van der Waals surface area contributed by atoms with Crippen LogP contribution in [0.4, 0.5) is 0 Å². The van der Waals surface area contributed by atoms with Gasteiger partial charge in [0, 0.05) is 0 Å². The lowest BCUT2D eigenvalue weighted by molar-refractivity contribution is -0.109. The summed E-state index contributed by atoms with van der Waals surface area (Å²) in [5, 5.41) is 19.2. The van der Waals surface area contributed by atoms with Crippen LogP contribution < -0.4 is 5.32 Å². The summed E-state index contributed by atoms with van der Waals surface area (Å²) in [5.74, 6) is -0.539. The van der Waals surface area contributed by atoms with Crippen molar-refractivity contribution >= 4 is 13.5 Å². The smallest absolute Gasteiger partial charge is 0.426 e. The minimum Gasteiger partial charge on any atom is -0.426 e. The average molecular weight is 131 g/mol. The largest absolute Gasteiger partial charge is 0.475 e. The summed E-state index contributed by atoms with van der Waals surface area (Å²) in [6.07, 6.45) is 0.962. The molecule has 0 aromatic carbocycles. The fourth-order valence-corrected chi connectivity index (χ4v) is 0.502. The molecule has 0 aliphatic heterocycles. The van der Waals surface area contributed by atoms with E-state index >= 15 is 0 Å². The van der Waals surface area contributed by atoms with Gasteiger partial charge in [-0.05, 0) is 6.42 Å². The lowest BCUT2D eigenvalue weighted by atomic mass is 9.78. The minimum atomic E-state index is -1.46. The number of rotatable bonds is 4. The van der Waals surface area contributed by atoms with E-state index in [2.05, 4.69) is 5.32 Å². The van der Waals surface area contributed by atoms with Gasteiger partial charge < -0.3 is 15.4 Å². The molecule has 5 heteroatoms. The van der Waals surface area contributed by atoms with Crippen molar-refractivity contribution in [1.82, 2.24) is 5.32 Å². The lowest BCUT2D eigenvalue weighted by Crippen LogP contribution is -2.42. The molecule has 1 unspecified atom stereocenters. The second-order valence-corrected chi connectivity index (χ2v) is 1.71. The topological polar surface area (TPSA) is 69.6 Å². The van der Waals surface area contributed by atoms with Crippen molar-refractivity contribution in [2.24, 2.45) is 0 Å². The quantitative estimate of drug-likeness (QED) is 0.322. The van der Waals surface area contributed by atoms with Crippen molar-refractivity contribution in [3.63, 3.8) is 0 Å². The molecule has 0 heterocycles. The molecule has 3 N–H and O–H groups in total. The highest BCUT2D eigenvalue weighted by atomic mass is 16.4. The summed E-state index contributed by atoms with van der Waals surface area (Å²) in [5.41, 5.74) is 0. The van der Waals surface area contributed by atoms with Crippen molar-refractivity contribution in [1.29, 1.82) is 0 Å². The molecule has 0 aliphatic carbocycles. The van der Waals surface area contributed by atoms with Crippen LogP contribution in [0.25, 0.3) is 0 Å². The van der Waals surface area contributed by atoms with Gasteiger partial charge in [-0.1, -0.05) is 6.92 Å². The van der Waals surface area contributed by atoms with Crippen molar-refractivity contribution in [3.8, 4) is 0 Å². The molecule has 1 atom stereocenters. The van der Waals surface area contributed by atoms with Gasteiger partial charge in [-0.3, -0.25) is 4.79 Å². The van der Waals surface area contributed by atoms with E-state index in [0.717, 1.165) is 0 Å². The Morgan fingerprint density at radius 1 is 1.78 bits per heavy atom. The maximum absolute atomic E-state index is 9.75. The number of amides is 1. The fourth-order valence-electron chi connectivity index (χ4n) is 0.502. The third kappa shape index (κ3) is 3.10. The molecule has 0 bridgehead atoms. The molecule has 0 saturated heterocycles. The molecule has 0 aliphatic rings. The van der Waals surface area contributed by atoms with Crippen molar-refractivity contribution < 1.29 is 14.8 Å². The molecule has 0 aromatic rings. The number of carbonyl (C=O) groups is 1. The van der Waals surface area contributed by atoms with Gasteiger partial charge in [0.1, 0.15) is 0 Å². The first-order chi connectivity index (χ1) is 4.22. The van der Waals surface area contributed by atoms with Gasteiger partial charge in [-0.25, -0.2) is 0 Å². The molecule has 0 saturated carbocycles. The van der Waals surface area contributed by atoms with Gasteiger partial charge in [0.05, 0.1) is 5.94 Å². The molecule has 1 amide bonds. The average Bonchev–Trinajstić information content (AvgIpc) is 1.82. The summed E-state index contributed by atoms with van der Waals surface area (Å²) in [6.45, 7) is 1.75. The highest BCUT2D eigenvalue weighted by Crippen LogP contribution is 1.89. The summed E-state index contributed by atoms with van der Waals surface area (Å²) in [7, 11) is -1.46. The molecule has 0 radical (unpaired) electrons. The van der Waals surface area contributed by atoms with Crippen LogP contribution in [0.15, 0.2) is 0 Å². The van der Waals surface area contributed by atoms with Gasteiger partial charge >= 0.3 is 7.12 Å². The maximum atomic E-state index is 9.75. The second kappa shape index (κ2) is 4.35. The van der Waals surface area contributed by atoms with Crippen molar-refractivity contribution in [3.05, 3.63) is 0 Å². The van der Waals surface area contributed by atoms with Crippen LogP contribution >= 0.6 is 0 Å². The summed E-state index contributed by atoms with van der Waals surface area (Å²) < 4.78 is 0. The molecular formula is C4H10BNO3. The Morgan fingerprint density at radius 3 is 2.44 bits per heavy atom. The first-order valence-corrected chi connectivity index (χ1v) is 2.78. The Balaban J connectivity index is 3.53. The predicted molar refractivity (Wildman–Crippen MR) is 33.5 cm³/mol. The molecule has 0 rings (SSSR count). The Morgan fingerprint density at radius 2 is 2.33 bits per heavy atom. The van der Waals surface area contributed by atoms with E-state index in [4.69, 9.17) is 10.0 Å². The zero-order valence-corrected chi connectivity index (χ0v) is 5.24. The van der Waals surface area contributed by atoms with Gasteiger partial charge in [-0.2, -0.15) is 0 Å². The lowest BCUT2D eigenvalue weighted by Gasteiger charge is -2.10. The standard InChI is InChI=1S/C4H10BNO3/c1-2-4(5(8)9)6-3-7/h3-4,8-9H,2H2,1H3,(H,6,7). The van der Waals surface area contributed by atoms with E-state index in [9.17, 15) is 4.79 Å². The van der Waals surface area contributed by atoms with Crippen LogP contribution in [0.1, 0.15) is 13.3 Å². The monoisotopic (exact) mass is 131 g/mol. The van der Waals surface area contributed by atoms with E-state index in [1.54, 1.807) is 6.92 Å². The third-order valence-electron chi connectivity index (χ3n) is 1.08. The Bertz CT molecular complexity index is 87.9. The second-order valence-electron chi connectivity index (χ2n) is 1.71. The molecule has 0 fully saturated rings. The number of carbonyl (C=O) groups excluding carboxylic acids is 1. The summed E-state index contributed by atoms with van der Waals surface area (Å²) in [6, 6.07) is 0. The number of hydrogen-bond donors (Lipinski definition) is 3. The molecule has 0 aromatic heterocycles. The maximum Gasteiger partial charge on any atom is 0.475 e. The molecular weight excluding hydrogens is 121 g/mol. The Labute approximate surface area is 54.0 Å². The zero-order chi connectivity index (χ0) is 7.28.